The normalized spacial score (nSPS) is 16.9. The third kappa shape index (κ3) is 3.10. The van der Waals surface area contributed by atoms with Gasteiger partial charge in [-0.3, -0.25) is 4.79 Å². The van der Waals surface area contributed by atoms with Crippen molar-refractivity contribution >= 4 is 17.2 Å². The minimum atomic E-state index is 0.130. The van der Waals surface area contributed by atoms with Crippen LogP contribution < -0.4 is 4.74 Å². The third-order valence-corrected chi connectivity index (χ3v) is 4.89. The van der Waals surface area contributed by atoms with Gasteiger partial charge in [-0.05, 0) is 23.9 Å². The fourth-order valence-corrected chi connectivity index (χ4v) is 3.47. The molecule has 0 fully saturated rings. The minimum absolute atomic E-state index is 0.130. The number of para-hydroxylation sites is 1. The first-order valence-corrected chi connectivity index (χ1v) is 8.13. The lowest BCUT2D eigenvalue weighted by atomic mass is 9.99. The second-order valence-corrected chi connectivity index (χ2v) is 6.31. The van der Waals surface area contributed by atoms with E-state index >= 15 is 0 Å². The maximum Gasteiger partial charge on any atom is 0.223 e. The number of benzene rings is 1. The fraction of sp³-hybridized carbons (Fsp3) is 0.353. The predicted molar refractivity (Wildman–Crippen MR) is 84.7 cm³/mol. The Hall–Kier alpha value is -1.81. The standard InChI is InChI=1S/C17H19NO2S/c1-18(17(19)9-8-13-5-4-12-21-13)15-10-11-20-16-7-3-2-6-14(15)16/h2-7,12,15H,8-11H2,1H3. The quantitative estimate of drug-likeness (QED) is 0.862. The molecular formula is C17H19NO2S. The van der Waals surface area contributed by atoms with E-state index in [0.29, 0.717) is 13.0 Å². The molecule has 0 radical (unpaired) electrons. The molecule has 0 spiro atoms. The van der Waals surface area contributed by atoms with Gasteiger partial charge in [-0.1, -0.05) is 24.3 Å². The van der Waals surface area contributed by atoms with Crippen molar-refractivity contribution in [2.24, 2.45) is 0 Å². The van der Waals surface area contributed by atoms with Gasteiger partial charge in [0, 0.05) is 30.3 Å². The molecule has 1 aromatic heterocycles. The molecule has 0 bridgehead atoms. The molecule has 1 amide bonds. The highest BCUT2D eigenvalue weighted by molar-refractivity contribution is 7.09. The van der Waals surface area contributed by atoms with Gasteiger partial charge in [0.2, 0.25) is 5.91 Å². The second kappa shape index (κ2) is 6.31. The van der Waals surface area contributed by atoms with Gasteiger partial charge < -0.3 is 9.64 Å². The van der Waals surface area contributed by atoms with Crippen molar-refractivity contribution in [1.82, 2.24) is 4.90 Å². The van der Waals surface area contributed by atoms with E-state index in [1.165, 1.54) is 4.88 Å². The molecule has 3 rings (SSSR count). The molecule has 1 aliphatic heterocycles. The number of thiophene rings is 1. The molecule has 110 valence electrons. The first-order chi connectivity index (χ1) is 10.3. The summed E-state index contributed by atoms with van der Waals surface area (Å²) in [6.07, 6.45) is 2.25. The lowest BCUT2D eigenvalue weighted by molar-refractivity contribution is -0.132. The number of carbonyl (C=O) groups is 1. The van der Waals surface area contributed by atoms with Crippen LogP contribution in [0.5, 0.6) is 5.75 Å². The Morgan fingerprint density at radius 2 is 2.19 bits per heavy atom. The molecule has 3 nitrogen and oxygen atoms in total. The highest BCUT2D eigenvalue weighted by Crippen LogP contribution is 2.35. The molecule has 1 aromatic carbocycles. The van der Waals surface area contributed by atoms with Crippen LogP contribution in [0.3, 0.4) is 0 Å². The van der Waals surface area contributed by atoms with E-state index < -0.39 is 0 Å². The van der Waals surface area contributed by atoms with Gasteiger partial charge in [-0.2, -0.15) is 0 Å². The summed E-state index contributed by atoms with van der Waals surface area (Å²) < 4.78 is 5.67. The number of hydrogen-bond acceptors (Lipinski definition) is 3. The van der Waals surface area contributed by atoms with Crippen LogP contribution in [0, 0.1) is 0 Å². The molecule has 4 heteroatoms. The van der Waals surface area contributed by atoms with Crippen molar-refractivity contribution in [3.8, 4) is 5.75 Å². The zero-order valence-electron chi connectivity index (χ0n) is 12.1. The van der Waals surface area contributed by atoms with E-state index in [1.807, 2.05) is 36.2 Å². The van der Waals surface area contributed by atoms with Crippen LogP contribution in [0.25, 0.3) is 0 Å². The lowest BCUT2D eigenvalue weighted by Gasteiger charge is -2.33. The summed E-state index contributed by atoms with van der Waals surface area (Å²) in [5.74, 6) is 1.11. The van der Waals surface area contributed by atoms with Crippen LogP contribution in [-0.4, -0.2) is 24.5 Å². The van der Waals surface area contributed by atoms with Crippen LogP contribution >= 0.6 is 11.3 Å². The fourth-order valence-electron chi connectivity index (χ4n) is 2.76. The van der Waals surface area contributed by atoms with E-state index in [-0.39, 0.29) is 11.9 Å². The molecule has 0 saturated heterocycles. The van der Waals surface area contributed by atoms with E-state index in [9.17, 15) is 4.79 Å². The summed E-state index contributed by atoms with van der Waals surface area (Å²) in [4.78, 5) is 15.6. The van der Waals surface area contributed by atoms with E-state index in [0.717, 1.165) is 24.2 Å². The Bertz CT molecular complexity index is 609. The van der Waals surface area contributed by atoms with Crippen LogP contribution in [0.15, 0.2) is 41.8 Å². The average molecular weight is 301 g/mol. The van der Waals surface area contributed by atoms with Gasteiger partial charge >= 0.3 is 0 Å². The zero-order valence-corrected chi connectivity index (χ0v) is 12.9. The monoisotopic (exact) mass is 301 g/mol. The highest BCUT2D eigenvalue weighted by Gasteiger charge is 2.27. The van der Waals surface area contributed by atoms with Gasteiger partial charge in [0.15, 0.2) is 0 Å². The van der Waals surface area contributed by atoms with Gasteiger partial charge in [0.1, 0.15) is 5.75 Å². The van der Waals surface area contributed by atoms with Gasteiger partial charge in [0.25, 0.3) is 0 Å². The largest absolute Gasteiger partial charge is 0.493 e. The SMILES string of the molecule is CN(C(=O)CCc1cccs1)C1CCOc2ccccc21. The molecular weight excluding hydrogens is 282 g/mol. The third-order valence-electron chi connectivity index (χ3n) is 3.95. The smallest absolute Gasteiger partial charge is 0.223 e. The number of amides is 1. The van der Waals surface area contributed by atoms with Crippen molar-refractivity contribution in [3.63, 3.8) is 0 Å². The lowest BCUT2D eigenvalue weighted by Crippen LogP contribution is -2.34. The highest BCUT2D eigenvalue weighted by atomic mass is 32.1. The summed E-state index contributed by atoms with van der Waals surface area (Å²) >= 11 is 1.71. The molecule has 1 atom stereocenters. The topological polar surface area (TPSA) is 29.5 Å². The van der Waals surface area contributed by atoms with E-state index in [4.69, 9.17) is 4.74 Å². The number of rotatable bonds is 4. The Balaban J connectivity index is 1.67. The number of hydrogen-bond donors (Lipinski definition) is 0. The molecule has 2 aromatic rings. The van der Waals surface area contributed by atoms with Crippen LogP contribution in [-0.2, 0) is 11.2 Å². The summed E-state index contributed by atoms with van der Waals surface area (Å²) in [5.41, 5.74) is 1.12. The number of nitrogens with zero attached hydrogens (tertiary/aromatic N) is 1. The summed E-state index contributed by atoms with van der Waals surface area (Å²) in [6.45, 7) is 0.671. The molecule has 0 saturated carbocycles. The second-order valence-electron chi connectivity index (χ2n) is 5.27. The average Bonchev–Trinajstić information content (AvgIpc) is 3.05. The van der Waals surface area contributed by atoms with Crippen molar-refractivity contribution < 1.29 is 9.53 Å². The summed E-state index contributed by atoms with van der Waals surface area (Å²) in [6, 6.07) is 12.3. The van der Waals surface area contributed by atoms with Gasteiger partial charge in [-0.15, -0.1) is 11.3 Å². The first kappa shape index (κ1) is 14.1. The number of carbonyl (C=O) groups excluding carboxylic acids is 1. The number of aryl methyl sites for hydroxylation is 1. The molecule has 0 N–H and O–H groups in total. The Morgan fingerprint density at radius 3 is 3.00 bits per heavy atom. The molecule has 0 aliphatic carbocycles. The maximum absolute atomic E-state index is 12.4. The zero-order chi connectivity index (χ0) is 14.7. The van der Waals surface area contributed by atoms with Crippen LogP contribution in [0.4, 0.5) is 0 Å². The maximum atomic E-state index is 12.4. The number of ether oxygens (including phenoxy) is 1. The molecule has 2 heterocycles. The first-order valence-electron chi connectivity index (χ1n) is 7.25. The molecule has 21 heavy (non-hydrogen) atoms. The predicted octanol–water partition coefficient (Wildman–Crippen LogP) is 3.66. The van der Waals surface area contributed by atoms with E-state index in [2.05, 4.69) is 17.5 Å². The Kier molecular flexibility index (Phi) is 4.25. The summed E-state index contributed by atoms with van der Waals surface area (Å²) in [7, 11) is 1.91. The van der Waals surface area contributed by atoms with Gasteiger partial charge in [0.05, 0.1) is 12.6 Å². The Morgan fingerprint density at radius 1 is 1.33 bits per heavy atom. The summed E-state index contributed by atoms with van der Waals surface area (Å²) in [5, 5.41) is 2.05. The molecule has 1 aliphatic rings. The minimum Gasteiger partial charge on any atom is -0.493 e. The van der Waals surface area contributed by atoms with Crippen molar-refractivity contribution in [1.29, 1.82) is 0 Å². The van der Waals surface area contributed by atoms with Crippen LogP contribution in [0.1, 0.15) is 29.3 Å². The molecule has 1 unspecified atom stereocenters. The van der Waals surface area contributed by atoms with Crippen LogP contribution in [0.2, 0.25) is 0 Å². The van der Waals surface area contributed by atoms with Crippen molar-refractivity contribution in [2.45, 2.75) is 25.3 Å². The van der Waals surface area contributed by atoms with Crippen molar-refractivity contribution in [2.75, 3.05) is 13.7 Å². The Labute approximate surface area is 129 Å². The van der Waals surface area contributed by atoms with Crippen molar-refractivity contribution in [3.05, 3.63) is 52.2 Å². The van der Waals surface area contributed by atoms with Gasteiger partial charge in [-0.25, -0.2) is 0 Å². The van der Waals surface area contributed by atoms with E-state index in [1.54, 1.807) is 11.3 Å². The number of fused-ring (bicyclic) bond motifs is 1.